The Morgan fingerprint density at radius 2 is 1.88 bits per heavy atom. The second kappa shape index (κ2) is 7.10. The number of halogens is 2. The molecule has 0 unspecified atom stereocenters. The Labute approximate surface area is 155 Å². The number of nitriles is 1. The van der Waals surface area contributed by atoms with E-state index in [-0.39, 0.29) is 22.0 Å². The third-order valence-electron chi connectivity index (χ3n) is 3.92. The van der Waals surface area contributed by atoms with Gasteiger partial charge in [-0.1, -0.05) is 41.4 Å². The maximum Gasteiger partial charge on any atom is 0.258 e. The lowest BCUT2D eigenvalue weighted by atomic mass is 10.0. The predicted molar refractivity (Wildman–Crippen MR) is 100 cm³/mol. The SMILES string of the molecule is Cc1cnc2c(NC(=O)c3c(Cl)cccc3Cl)cccc2c1CC#N. The van der Waals surface area contributed by atoms with Gasteiger partial charge in [-0.25, -0.2) is 0 Å². The van der Waals surface area contributed by atoms with Gasteiger partial charge in [-0.3, -0.25) is 9.78 Å². The van der Waals surface area contributed by atoms with E-state index < -0.39 is 5.91 Å². The van der Waals surface area contributed by atoms with E-state index in [2.05, 4.69) is 16.4 Å². The number of fused-ring (bicyclic) bond motifs is 1. The fourth-order valence-electron chi connectivity index (χ4n) is 2.69. The lowest BCUT2D eigenvalue weighted by molar-refractivity contribution is 0.102. The summed E-state index contributed by atoms with van der Waals surface area (Å²) in [5, 5.41) is 13.3. The lowest BCUT2D eigenvalue weighted by Gasteiger charge is -2.12. The number of rotatable bonds is 3. The Hall–Kier alpha value is -2.61. The zero-order valence-corrected chi connectivity index (χ0v) is 14.8. The molecule has 124 valence electrons. The zero-order chi connectivity index (χ0) is 18.0. The van der Waals surface area contributed by atoms with E-state index in [1.165, 1.54) is 0 Å². The van der Waals surface area contributed by atoms with Crippen LogP contribution in [-0.2, 0) is 6.42 Å². The first kappa shape index (κ1) is 17.2. The van der Waals surface area contributed by atoms with Gasteiger partial charge in [-0.05, 0) is 36.2 Å². The van der Waals surface area contributed by atoms with Crippen LogP contribution in [0.4, 0.5) is 5.69 Å². The minimum absolute atomic E-state index is 0.215. The molecule has 2 aromatic carbocycles. The van der Waals surface area contributed by atoms with Crippen LogP contribution in [-0.4, -0.2) is 10.9 Å². The van der Waals surface area contributed by atoms with E-state index in [4.69, 9.17) is 28.5 Å². The van der Waals surface area contributed by atoms with Crippen LogP contribution in [0.3, 0.4) is 0 Å². The normalized spacial score (nSPS) is 10.5. The van der Waals surface area contributed by atoms with Crippen molar-refractivity contribution in [1.29, 1.82) is 5.26 Å². The fraction of sp³-hybridized carbons (Fsp3) is 0.105. The number of nitrogens with zero attached hydrogens (tertiary/aromatic N) is 2. The van der Waals surface area contributed by atoms with Crippen LogP contribution in [0, 0.1) is 18.3 Å². The molecule has 3 rings (SSSR count). The summed E-state index contributed by atoms with van der Waals surface area (Å²) in [6.45, 7) is 1.91. The molecule has 0 bridgehead atoms. The van der Waals surface area contributed by atoms with Gasteiger partial charge in [-0.2, -0.15) is 5.26 Å². The molecule has 0 saturated heterocycles. The first-order chi connectivity index (χ1) is 12.0. The Morgan fingerprint density at radius 3 is 2.56 bits per heavy atom. The number of carbonyl (C=O) groups is 1. The summed E-state index contributed by atoms with van der Waals surface area (Å²) < 4.78 is 0. The molecular weight excluding hydrogens is 357 g/mol. The summed E-state index contributed by atoms with van der Waals surface area (Å²) in [6, 6.07) is 12.5. The summed E-state index contributed by atoms with van der Waals surface area (Å²) in [6.07, 6.45) is 1.98. The van der Waals surface area contributed by atoms with Gasteiger partial charge in [0.2, 0.25) is 0 Å². The number of amides is 1. The molecule has 1 N–H and O–H groups in total. The van der Waals surface area contributed by atoms with Crippen molar-refractivity contribution in [3.05, 3.63) is 69.3 Å². The van der Waals surface area contributed by atoms with Gasteiger partial charge in [0, 0.05) is 11.6 Å². The van der Waals surface area contributed by atoms with E-state index in [1.54, 1.807) is 30.5 Å². The highest BCUT2D eigenvalue weighted by Gasteiger charge is 2.17. The third kappa shape index (κ3) is 3.30. The molecule has 0 spiro atoms. The molecule has 3 aromatic rings. The van der Waals surface area contributed by atoms with E-state index in [9.17, 15) is 4.79 Å². The van der Waals surface area contributed by atoms with Gasteiger partial charge >= 0.3 is 0 Å². The summed E-state index contributed by atoms with van der Waals surface area (Å²) in [5.74, 6) is -0.410. The van der Waals surface area contributed by atoms with Crippen molar-refractivity contribution >= 4 is 45.7 Å². The number of aryl methyl sites for hydroxylation is 1. The Bertz CT molecular complexity index is 1000. The van der Waals surface area contributed by atoms with Crippen LogP contribution < -0.4 is 5.32 Å². The second-order valence-corrected chi connectivity index (χ2v) is 6.32. The maximum absolute atomic E-state index is 12.6. The number of nitrogens with one attached hydrogen (secondary N) is 1. The van der Waals surface area contributed by atoms with E-state index in [0.29, 0.717) is 11.2 Å². The monoisotopic (exact) mass is 369 g/mol. The molecule has 4 nitrogen and oxygen atoms in total. The van der Waals surface area contributed by atoms with Gasteiger partial charge in [0.1, 0.15) is 0 Å². The van der Waals surface area contributed by atoms with Gasteiger partial charge in [0.25, 0.3) is 5.91 Å². The minimum atomic E-state index is -0.410. The molecule has 0 saturated carbocycles. The molecule has 0 atom stereocenters. The standard InChI is InChI=1S/C19H13Cl2N3O/c1-11-10-23-18-13(12(11)8-9-22)4-2-7-16(18)24-19(25)17-14(20)5-3-6-15(17)21/h2-7,10H,8H2,1H3,(H,24,25). The first-order valence-electron chi connectivity index (χ1n) is 7.52. The molecule has 1 aromatic heterocycles. The quantitative estimate of drug-likeness (QED) is 0.692. The van der Waals surface area contributed by atoms with Crippen molar-refractivity contribution in [3.8, 4) is 6.07 Å². The van der Waals surface area contributed by atoms with Crippen molar-refractivity contribution in [3.63, 3.8) is 0 Å². The lowest BCUT2D eigenvalue weighted by Crippen LogP contribution is -2.13. The highest BCUT2D eigenvalue weighted by molar-refractivity contribution is 6.40. The number of hydrogen-bond donors (Lipinski definition) is 1. The van der Waals surface area contributed by atoms with Crippen molar-refractivity contribution < 1.29 is 4.79 Å². The molecule has 0 fully saturated rings. The Morgan fingerprint density at radius 1 is 1.20 bits per heavy atom. The molecule has 0 aliphatic carbocycles. The molecule has 1 amide bonds. The van der Waals surface area contributed by atoms with Gasteiger partial charge in [-0.15, -0.1) is 0 Å². The number of para-hydroxylation sites is 1. The maximum atomic E-state index is 12.6. The molecule has 25 heavy (non-hydrogen) atoms. The molecule has 6 heteroatoms. The number of anilines is 1. The van der Waals surface area contributed by atoms with Crippen LogP contribution in [0.25, 0.3) is 10.9 Å². The molecule has 0 aliphatic rings. The summed E-state index contributed by atoms with van der Waals surface area (Å²) in [5.41, 5.74) is 3.21. The Kier molecular flexibility index (Phi) is 4.89. The number of carbonyl (C=O) groups excluding carboxylic acids is 1. The molecular formula is C19H13Cl2N3O. The fourth-order valence-corrected chi connectivity index (χ4v) is 3.26. The second-order valence-electron chi connectivity index (χ2n) is 5.51. The third-order valence-corrected chi connectivity index (χ3v) is 4.55. The molecule has 0 aliphatic heterocycles. The van der Waals surface area contributed by atoms with Gasteiger partial charge in [0.15, 0.2) is 0 Å². The average Bonchev–Trinajstić information content (AvgIpc) is 2.57. The van der Waals surface area contributed by atoms with Gasteiger partial charge < -0.3 is 5.32 Å². The number of benzene rings is 2. The van der Waals surface area contributed by atoms with E-state index in [1.807, 2.05) is 19.1 Å². The smallest absolute Gasteiger partial charge is 0.258 e. The highest BCUT2D eigenvalue weighted by atomic mass is 35.5. The summed E-state index contributed by atoms with van der Waals surface area (Å²) >= 11 is 12.2. The van der Waals surface area contributed by atoms with Crippen LogP contribution >= 0.6 is 23.2 Å². The number of aromatic nitrogens is 1. The molecule has 0 radical (unpaired) electrons. The number of pyridine rings is 1. The summed E-state index contributed by atoms with van der Waals surface area (Å²) in [4.78, 5) is 17.0. The topological polar surface area (TPSA) is 65.8 Å². The average molecular weight is 370 g/mol. The number of hydrogen-bond acceptors (Lipinski definition) is 3. The van der Waals surface area contributed by atoms with Crippen LogP contribution in [0.2, 0.25) is 10.0 Å². The van der Waals surface area contributed by atoms with E-state index in [0.717, 1.165) is 16.5 Å². The zero-order valence-electron chi connectivity index (χ0n) is 13.3. The van der Waals surface area contributed by atoms with Crippen molar-refractivity contribution in [1.82, 2.24) is 4.98 Å². The van der Waals surface area contributed by atoms with Crippen molar-refractivity contribution in [2.24, 2.45) is 0 Å². The van der Waals surface area contributed by atoms with Gasteiger partial charge in [0.05, 0.1) is 39.3 Å². The van der Waals surface area contributed by atoms with Crippen molar-refractivity contribution in [2.45, 2.75) is 13.3 Å². The van der Waals surface area contributed by atoms with E-state index >= 15 is 0 Å². The largest absolute Gasteiger partial charge is 0.320 e. The highest BCUT2D eigenvalue weighted by Crippen LogP contribution is 2.29. The van der Waals surface area contributed by atoms with Crippen molar-refractivity contribution in [2.75, 3.05) is 5.32 Å². The molecule has 1 heterocycles. The first-order valence-corrected chi connectivity index (χ1v) is 8.28. The predicted octanol–water partition coefficient (Wildman–Crippen LogP) is 5.17. The summed E-state index contributed by atoms with van der Waals surface area (Å²) in [7, 11) is 0. The van der Waals surface area contributed by atoms with Crippen LogP contribution in [0.5, 0.6) is 0 Å². The minimum Gasteiger partial charge on any atom is -0.320 e. The van der Waals surface area contributed by atoms with Crippen LogP contribution in [0.15, 0.2) is 42.6 Å². The Balaban J connectivity index is 2.07. The van der Waals surface area contributed by atoms with Crippen LogP contribution in [0.1, 0.15) is 21.5 Å².